The molecule has 2 aromatic heterocycles. The summed E-state index contributed by atoms with van der Waals surface area (Å²) in [6, 6.07) is 3.50. The molecule has 3 N–H and O–H groups in total. The van der Waals surface area contributed by atoms with Gasteiger partial charge >= 0.3 is 12.1 Å². The lowest BCUT2D eigenvalue weighted by atomic mass is 10.1. The number of hydrogen-bond acceptors (Lipinski definition) is 8. The fraction of sp³-hybridized carbons (Fsp3) is 0.316. The molecule has 0 bridgehead atoms. The molecule has 0 aromatic carbocycles. The van der Waals surface area contributed by atoms with Crippen LogP contribution in [0.15, 0.2) is 27.7 Å². The Bertz CT molecular complexity index is 1060. The number of piperazine rings is 1. The highest BCUT2D eigenvalue weighted by Gasteiger charge is 2.33. The maximum Gasteiger partial charge on any atom is 0.401 e. The average molecular weight is 437 g/mol. The van der Waals surface area contributed by atoms with Crippen molar-refractivity contribution in [2.75, 3.05) is 38.1 Å². The molecule has 0 unspecified atom stereocenters. The first kappa shape index (κ1) is 20.9. The summed E-state index contributed by atoms with van der Waals surface area (Å²) in [6.45, 7) is -0.312. The summed E-state index contributed by atoms with van der Waals surface area (Å²) in [5.74, 6) is -1.78. The zero-order valence-electron chi connectivity index (χ0n) is 16.1. The molecule has 0 spiro atoms. The van der Waals surface area contributed by atoms with Gasteiger partial charge in [0.05, 0.1) is 6.54 Å². The molecule has 4 heterocycles. The van der Waals surface area contributed by atoms with E-state index in [1.807, 2.05) is 0 Å². The van der Waals surface area contributed by atoms with E-state index in [0.29, 0.717) is 17.0 Å². The lowest BCUT2D eigenvalue weighted by Gasteiger charge is -2.34. The standard InChI is InChI=1S/C19H18F3N5O4/c20-19(21,22)10-26-4-6-27(7-5-26)25-17-14(18(29)30)15(28)13(31-17)8-11-9-24-16-12(11)2-1-3-23-16/h1-3,8-9,25,28H,4-7,10H2,(H,29,30). The first-order valence-electron chi connectivity index (χ1n) is 9.32. The van der Waals surface area contributed by atoms with E-state index in [-0.39, 0.29) is 37.8 Å². The number of aromatic hydroxyl groups is 1. The van der Waals surface area contributed by atoms with Crippen LogP contribution in [0.4, 0.5) is 24.9 Å². The van der Waals surface area contributed by atoms with Crippen molar-refractivity contribution in [3.8, 4) is 5.75 Å². The van der Waals surface area contributed by atoms with Gasteiger partial charge in [-0.3, -0.25) is 10.3 Å². The second kappa shape index (κ2) is 8.04. The van der Waals surface area contributed by atoms with Crippen LogP contribution >= 0.6 is 0 Å². The van der Waals surface area contributed by atoms with E-state index in [9.17, 15) is 28.2 Å². The van der Waals surface area contributed by atoms with Gasteiger partial charge in [0.25, 0.3) is 0 Å². The zero-order chi connectivity index (χ0) is 22.2. The fourth-order valence-corrected chi connectivity index (χ4v) is 3.41. The number of aliphatic imine (C=N–C) groups is 1. The Balaban J connectivity index is 1.53. The van der Waals surface area contributed by atoms with Gasteiger partial charge in [0, 0.05) is 49.7 Å². The van der Waals surface area contributed by atoms with Crippen LogP contribution < -0.4 is 5.43 Å². The van der Waals surface area contributed by atoms with E-state index < -0.39 is 30.0 Å². The second-order valence-electron chi connectivity index (χ2n) is 7.05. The maximum atomic E-state index is 12.5. The molecule has 0 aliphatic carbocycles. The number of pyridine rings is 1. The van der Waals surface area contributed by atoms with Gasteiger partial charge in [-0.1, -0.05) is 0 Å². The Morgan fingerprint density at radius 1 is 1.29 bits per heavy atom. The Hall–Kier alpha value is -3.38. The highest BCUT2D eigenvalue weighted by molar-refractivity contribution is 6.21. The normalized spacial score (nSPS) is 18.5. The van der Waals surface area contributed by atoms with E-state index in [0.717, 1.165) is 0 Å². The molecule has 2 aromatic rings. The number of nitrogens with zero attached hydrogens (tertiary/aromatic N) is 4. The molecule has 1 saturated heterocycles. The van der Waals surface area contributed by atoms with Crippen LogP contribution in [0, 0.1) is 0 Å². The molecule has 1 fully saturated rings. The Morgan fingerprint density at radius 3 is 2.71 bits per heavy atom. The number of furan rings is 1. The molecule has 0 amide bonds. The van der Waals surface area contributed by atoms with Gasteiger partial charge < -0.3 is 14.6 Å². The molecule has 164 valence electrons. The predicted octanol–water partition coefficient (Wildman–Crippen LogP) is 2.84. The van der Waals surface area contributed by atoms with Crippen molar-refractivity contribution in [3.05, 3.63) is 35.2 Å². The highest BCUT2D eigenvalue weighted by Crippen LogP contribution is 2.38. The summed E-state index contributed by atoms with van der Waals surface area (Å²) in [5, 5.41) is 21.5. The summed E-state index contributed by atoms with van der Waals surface area (Å²) in [5.41, 5.74) is 3.57. The number of allylic oxidation sites excluding steroid dienone is 1. The van der Waals surface area contributed by atoms with E-state index in [2.05, 4.69) is 15.4 Å². The number of aromatic carboxylic acids is 1. The van der Waals surface area contributed by atoms with Gasteiger partial charge in [0.2, 0.25) is 5.88 Å². The SMILES string of the molecule is O=C(O)c1c(NN2CCN(CC(F)(F)F)CC2)oc(C=C2C=Nc3ncccc32)c1O. The molecule has 2 aliphatic heterocycles. The minimum Gasteiger partial charge on any atom is -0.504 e. The van der Waals surface area contributed by atoms with Crippen molar-refractivity contribution in [1.29, 1.82) is 0 Å². The van der Waals surface area contributed by atoms with E-state index in [4.69, 9.17) is 4.42 Å². The van der Waals surface area contributed by atoms with Gasteiger partial charge in [0.1, 0.15) is 0 Å². The molecule has 12 heteroatoms. The van der Waals surface area contributed by atoms with Crippen molar-refractivity contribution in [1.82, 2.24) is 14.9 Å². The summed E-state index contributed by atoms with van der Waals surface area (Å²) in [6.07, 6.45) is 0.278. The number of carbonyl (C=O) groups is 1. The van der Waals surface area contributed by atoms with Gasteiger partial charge in [-0.15, -0.1) is 0 Å². The molecular formula is C19H18F3N5O4. The van der Waals surface area contributed by atoms with Crippen LogP contribution in [0.3, 0.4) is 0 Å². The smallest absolute Gasteiger partial charge is 0.401 e. The summed E-state index contributed by atoms with van der Waals surface area (Å²) < 4.78 is 43.2. The quantitative estimate of drug-likeness (QED) is 0.654. The number of hydrogen-bond donors (Lipinski definition) is 3. The molecular weight excluding hydrogens is 419 g/mol. The molecule has 4 rings (SSSR count). The molecule has 31 heavy (non-hydrogen) atoms. The maximum absolute atomic E-state index is 12.5. The van der Waals surface area contributed by atoms with Crippen molar-refractivity contribution in [3.63, 3.8) is 0 Å². The highest BCUT2D eigenvalue weighted by atomic mass is 19.4. The average Bonchev–Trinajstić information content (AvgIpc) is 3.24. The third-order valence-corrected chi connectivity index (χ3v) is 4.87. The lowest BCUT2D eigenvalue weighted by Crippen LogP contribution is -2.50. The number of aromatic nitrogens is 1. The van der Waals surface area contributed by atoms with E-state index in [1.54, 1.807) is 23.3 Å². The number of rotatable bonds is 5. The van der Waals surface area contributed by atoms with Crippen LogP contribution in [-0.2, 0) is 0 Å². The Labute approximate surface area is 174 Å². The summed E-state index contributed by atoms with van der Waals surface area (Å²) >= 11 is 0. The summed E-state index contributed by atoms with van der Waals surface area (Å²) in [7, 11) is 0. The number of nitrogens with one attached hydrogen (secondary N) is 1. The minimum absolute atomic E-state index is 0.0891. The first-order chi connectivity index (χ1) is 14.7. The zero-order valence-corrected chi connectivity index (χ0v) is 16.1. The molecule has 0 saturated carbocycles. The van der Waals surface area contributed by atoms with Gasteiger partial charge in [0.15, 0.2) is 22.9 Å². The number of carboxylic acids is 1. The number of carboxylic acid groups (broad SMARTS) is 1. The van der Waals surface area contributed by atoms with Crippen molar-refractivity contribution in [2.24, 2.45) is 4.99 Å². The van der Waals surface area contributed by atoms with Gasteiger partial charge in [-0.05, 0) is 18.2 Å². The minimum atomic E-state index is -4.28. The third-order valence-electron chi connectivity index (χ3n) is 4.87. The number of fused-ring (bicyclic) bond motifs is 1. The van der Waals surface area contributed by atoms with E-state index in [1.165, 1.54) is 17.2 Å². The van der Waals surface area contributed by atoms with Crippen LogP contribution in [0.5, 0.6) is 5.75 Å². The lowest BCUT2D eigenvalue weighted by molar-refractivity contribution is -0.148. The van der Waals surface area contributed by atoms with Crippen LogP contribution in [-0.4, -0.2) is 76.2 Å². The van der Waals surface area contributed by atoms with E-state index >= 15 is 0 Å². The van der Waals surface area contributed by atoms with Crippen LogP contribution in [0.1, 0.15) is 21.7 Å². The van der Waals surface area contributed by atoms with Crippen molar-refractivity contribution in [2.45, 2.75) is 6.18 Å². The largest absolute Gasteiger partial charge is 0.504 e. The monoisotopic (exact) mass is 437 g/mol. The molecule has 0 radical (unpaired) electrons. The Kier molecular flexibility index (Phi) is 5.41. The van der Waals surface area contributed by atoms with Crippen molar-refractivity contribution >= 4 is 35.5 Å². The van der Waals surface area contributed by atoms with Crippen LogP contribution in [0.2, 0.25) is 0 Å². The predicted molar refractivity (Wildman–Crippen MR) is 105 cm³/mol. The molecule has 9 nitrogen and oxygen atoms in total. The Morgan fingerprint density at radius 2 is 2.03 bits per heavy atom. The number of halogens is 3. The van der Waals surface area contributed by atoms with Crippen molar-refractivity contribution < 1.29 is 32.6 Å². The number of alkyl halides is 3. The van der Waals surface area contributed by atoms with Crippen LogP contribution in [0.25, 0.3) is 11.6 Å². The number of anilines is 1. The van der Waals surface area contributed by atoms with Gasteiger partial charge in [-0.25, -0.2) is 19.8 Å². The fourth-order valence-electron chi connectivity index (χ4n) is 3.41. The third kappa shape index (κ3) is 4.54. The number of hydrazine groups is 1. The molecule has 2 aliphatic rings. The summed E-state index contributed by atoms with van der Waals surface area (Å²) in [4.78, 5) is 21.2. The van der Waals surface area contributed by atoms with Gasteiger partial charge in [-0.2, -0.15) is 13.2 Å². The topological polar surface area (TPSA) is 114 Å². The first-order valence-corrected chi connectivity index (χ1v) is 9.32. The second-order valence-corrected chi connectivity index (χ2v) is 7.05. The molecule has 0 atom stereocenters.